The summed E-state index contributed by atoms with van der Waals surface area (Å²) in [4.78, 5) is 8.27. The molecule has 6 nitrogen and oxygen atoms in total. The van der Waals surface area contributed by atoms with Crippen LogP contribution in [-0.2, 0) is 26.0 Å². The van der Waals surface area contributed by atoms with E-state index in [1.54, 1.807) is 50.9 Å². The van der Waals surface area contributed by atoms with Gasteiger partial charge in [0.2, 0.25) is 0 Å². The zero-order chi connectivity index (χ0) is 20.5. The maximum atomic E-state index is 11.2. The fourth-order valence-electron chi connectivity index (χ4n) is 2.10. The predicted molar refractivity (Wildman–Crippen MR) is 110 cm³/mol. The van der Waals surface area contributed by atoms with E-state index < -0.39 is 0 Å². The number of hydrogen-bond acceptors (Lipinski definition) is 6. The van der Waals surface area contributed by atoms with E-state index in [1.165, 1.54) is 12.1 Å². The number of methoxy groups -OCH3 is 2. The molecule has 0 spiro atoms. The van der Waals surface area contributed by atoms with Gasteiger partial charge in [-0.05, 0) is 24.0 Å². The van der Waals surface area contributed by atoms with Crippen LogP contribution in [-0.4, -0.2) is 53.0 Å². The van der Waals surface area contributed by atoms with Crippen LogP contribution in [0, 0.1) is 0 Å². The second kappa shape index (κ2) is 17.9. The van der Waals surface area contributed by atoms with Gasteiger partial charge in [0.25, 0.3) is 0 Å². The monoisotopic (exact) mass is 442 g/mol. The van der Waals surface area contributed by atoms with E-state index in [4.69, 9.17) is 9.47 Å². The van der Waals surface area contributed by atoms with Crippen LogP contribution in [0.2, 0.25) is 0 Å². The minimum absolute atomic E-state index is 0. The first-order chi connectivity index (χ1) is 13.7. The van der Waals surface area contributed by atoms with Crippen molar-refractivity contribution in [3.63, 3.8) is 0 Å². The van der Waals surface area contributed by atoms with E-state index >= 15 is 0 Å². The molecule has 2 aromatic rings. The van der Waals surface area contributed by atoms with Gasteiger partial charge in [0.1, 0.15) is 0 Å². The predicted octanol–water partition coefficient (Wildman–Crippen LogP) is 2.43. The van der Waals surface area contributed by atoms with Crippen molar-refractivity contribution in [2.45, 2.75) is 12.8 Å². The standard InChI is InChI=1S/2C11H15NO2.Ni/c2*1-14-8-4-7-12-9-10-5-2-3-6-11(10)13;/h2*2-3,5-6,9,13H,4,7-8H2,1H3;/q;;+2/p-2. The van der Waals surface area contributed by atoms with Gasteiger partial charge in [-0.1, -0.05) is 48.5 Å². The number of benzene rings is 2. The average Bonchev–Trinajstić information content (AvgIpc) is 2.71. The third-order valence-electron chi connectivity index (χ3n) is 3.57. The Morgan fingerprint density at radius 2 is 1.10 bits per heavy atom. The first kappa shape index (κ1) is 26.8. The summed E-state index contributed by atoms with van der Waals surface area (Å²) in [5.74, 6) is 0.0333. The molecule has 2 aromatic carbocycles. The van der Waals surface area contributed by atoms with Gasteiger partial charge in [0.15, 0.2) is 0 Å². The van der Waals surface area contributed by atoms with Crippen LogP contribution < -0.4 is 10.2 Å². The molecule has 0 saturated heterocycles. The van der Waals surface area contributed by atoms with Gasteiger partial charge in [-0.15, -0.1) is 11.5 Å². The molecule has 0 aliphatic carbocycles. The first-order valence-electron chi connectivity index (χ1n) is 9.18. The fourth-order valence-corrected chi connectivity index (χ4v) is 2.10. The van der Waals surface area contributed by atoms with Gasteiger partial charge in [0.05, 0.1) is 0 Å². The summed E-state index contributed by atoms with van der Waals surface area (Å²) in [5, 5.41) is 22.4. The zero-order valence-corrected chi connectivity index (χ0v) is 17.8. The largest absolute Gasteiger partial charge is 2.00 e. The molecular weight excluding hydrogens is 415 g/mol. The Balaban J connectivity index is 0.000000523. The molecule has 0 N–H and O–H groups in total. The average molecular weight is 443 g/mol. The van der Waals surface area contributed by atoms with Crippen molar-refractivity contribution in [1.82, 2.24) is 0 Å². The van der Waals surface area contributed by atoms with Crippen molar-refractivity contribution in [3.8, 4) is 11.5 Å². The van der Waals surface area contributed by atoms with Crippen LogP contribution in [0.15, 0.2) is 58.5 Å². The Morgan fingerprint density at radius 1 is 0.724 bits per heavy atom. The second-order valence-corrected chi connectivity index (χ2v) is 5.84. The van der Waals surface area contributed by atoms with Crippen molar-refractivity contribution in [2.24, 2.45) is 9.98 Å². The summed E-state index contributed by atoms with van der Waals surface area (Å²) < 4.78 is 9.76. The third kappa shape index (κ3) is 12.8. The molecule has 160 valence electrons. The normalized spacial score (nSPS) is 10.6. The van der Waals surface area contributed by atoms with Gasteiger partial charge >= 0.3 is 16.5 Å². The maximum Gasteiger partial charge on any atom is 2.00 e. The van der Waals surface area contributed by atoms with Gasteiger partial charge in [-0.2, -0.15) is 0 Å². The molecule has 0 radical (unpaired) electrons. The van der Waals surface area contributed by atoms with Crippen LogP contribution in [0.4, 0.5) is 0 Å². The van der Waals surface area contributed by atoms with E-state index in [1.807, 2.05) is 12.1 Å². The molecule has 0 fully saturated rings. The molecule has 0 atom stereocenters. The molecule has 0 amide bonds. The second-order valence-electron chi connectivity index (χ2n) is 5.84. The van der Waals surface area contributed by atoms with E-state index in [0.717, 1.165) is 12.8 Å². The minimum Gasteiger partial charge on any atom is -0.872 e. The molecule has 0 saturated carbocycles. The summed E-state index contributed by atoms with van der Waals surface area (Å²) in [6, 6.07) is 13.7. The van der Waals surface area contributed by atoms with Crippen molar-refractivity contribution < 1.29 is 36.2 Å². The van der Waals surface area contributed by atoms with Crippen LogP contribution >= 0.6 is 0 Å². The summed E-state index contributed by atoms with van der Waals surface area (Å²) in [6.45, 7) is 2.80. The molecule has 7 heteroatoms. The number of aliphatic imine (C=N–C) groups is 2. The Hall–Kier alpha value is -2.21. The third-order valence-corrected chi connectivity index (χ3v) is 3.57. The number of rotatable bonds is 10. The number of hydrogen-bond donors (Lipinski definition) is 0. The van der Waals surface area contributed by atoms with E-state index in [2.05, 4.69) is 9.98 Å². The van der Waals surface area contributed by atoms with E-state index in [-0.39, 0.29) is 28.0 Å². The first-order valence-corrected chi connectivity index (χ1v) is 9.18. The van der Waals surface area contributed by atoms with Gasteiger partial charge in [-0.25, -0.2) is 0 Å². The van der Waals surface area contributed by atoms with Crippen LogP contribution in [0.25, 0.3) is 0 Å². The zero-order valence-electron chi connectivity index (χ0n) is 16.9. The van der Waals surface area contributed by atoms with E-state index in [9.17, 15) is 10.2 Å². The summed E-state index contributed by atoms with van der Waals surface area (Å²) in [5.41, 5.74) is 1.29. The molecule has 2 rings (SSSR count). The van der Waals surface area contributed by atoms with Crippen molar-refractivity contribution in [2.75, 3.05) is 40.5 Å². The van der Waals surface area contributed by atoms with Crippen molar-refractivity contribution in [1.29, 1.82) is 0 Å². The van der Waals surface area contributed by atoms with Crippen LogP contribution in [0.3, 0.4) is 0 Å². The minimum atomic E-state index is 0. The summed E-state index contributed by atoms with van der Waals surface area (Å²) in [6.07, 6.45) is 5.01. The number of nitrogens with zero attached hydrogens (tertiary/aromatic N) is 2. The van der Waals surface area contributed by atoms with Crippen LogP contribution in [0.5, 0.6) is 11.5 Å². The Kier molecular flexibility index (Phi) is 16.5. The molecule has 0 unspecified atom stereocenters. The van der Waals surface area contributed by atoms with Crippen molar-refractivity contribution >= 4 is 12.4 Å². The van der Waals surface area contributed by atoms with Gasteiger partial charge < -0.3 is 19.7 Å². The molecule has 0 bridgehead atoms. The summed E-state index contributed by atoms with van der Waals surface area (Å²) in [7, 11) is 3.33. The Labute approximate surface area is 183 Å². The molecule has 0 aromatic heterocycles. The topological polar surface area (TPSA) is 89.3 Å². The van der Waals surface area contributed by atoms with Crippen LogP contribution in [0.1, 0.15) is 24.0 Å². The molecule has 0 heterocycles. The summed E-state index contributed by atoms with van der Waals surface area (Å²) >= 11 is 0. The fraction of sp³-hybridized carbons (Fsp3) is 0.364. The number of para-hydroxylation sites is 2. The smallest absolute Gasteiger partial charge is 0.872 e. The molecular formula is C22H28N2NiO4. The van der Waals surface area contributed by atoms with E-state index in [0.29, 0.717) is 37.4 Å². The maximum absolute atomic E-state index is 11.2. The van der Waals surface area contributed by atoms with Gasteiger partial charge in [-0.3, -0.25) is 9.98 Å². The van der Waals surface area contributed by atoms with Crippen molar-refractivity contribution in [3.05, 3.63) is 59.7 Å². The SMILES string of the molecule is COCCCN=Cc1ccccc1[O-].COCCCN=Cc1ccccc1[O-].[Ni+2]. The molecule has 0 aliphatic rings. The Morgan fingerprint density at radius 3 is 1.45 bits per heavy atom. The molecule has 0 aliphatic heterocycles. The van der Waals surface area contributed by atoms with Gasteiger partial charge in [0, 0.05) is 53.0 Å². The number of ether oxygens (including phenoxy) is 2. The Bertz CT molecular complexity index is 662. The molecule has 29 heavy (non-hydrogen) atoms. The quantitative estimate of drug-likeness (QED) is 0.321.